The van der Waals surface area contributed by atoms with Gasteiger partial charge in [0.15, 0.2) is 0 Å². The Morgan fingerprint density at radius 3 is 2.13 bits per heavy atom. The van der Waals surface area contributed by atoms with E-state index in [9.17, 15) is 18.3 Å². The second kappa shape index (κ2) is 10.5. The second-order valence-electron chi connectivity index (χ2n) is 12.2. The summed E-state index contributed by atoms with van der Waals surface area (Å²) < 4.78 is 23.6. The minimum Gasteiger partial charge on any atom is -0.507 e. The number of piperidine rings is 1. The molecule has 7 nitrogen and oxygen atoms in total. The Kier molecular flexibility index (Phi) is 7.95. The van der Waals surface area contributed by atoms with Gasteiger partial charge in [-0.2, -0.15) is 0 Å². The third-order valence-corrected chi connectivity index (χ3v) is 9.56. The molecule has 0 atom stereocenters. The predicted octanol–water partition coefficient (Wildman–Crippen LogP) is 6.43. The summed E-state index contributed by atoms with van der Waals surface area (Å²) in [5.74, 6) is 0.325. The molecular formula is C29H36ClN3O4S2. The van der Waals surface area contributed by atoms with Crippen molar-refractivity contribution >= 4 is 38.9 Å². The quantitative estimate of drug-likeness (QED) is 0.364. The van der Waals surface area contributed by atoms with E-state index in [1.54, 1.807) is 16.2 Å². The van der Waals surface area contributed by atoms with E-state index >= 15 is 0 Å². The van der Waals surface area contributed by atoms with Gasteiger partial charge >= 0.3 is 0 Å². The SMILES string of the molecule is CC(C)(C)c1cc(-c2csc(C3CCN(C(=O)c4ccc(Cl)c(S(N)(=O)=O)c4)CC3)n2)cc(C(C)(C)C)c1O. The number of benzene rings is 2. The number of rotatable bonds is 4. The van der Waals surface area contributed by atoms with Crippen LogP contribution in [0.15, 0.2) is 40.6 Å². The van der Waals surface area contributed by atoms with Gasteiger partial charge in [0, 0.05) is 46.6 Å². The van der Waals surface area contributed by atoms with Gasteiger partial charge in [-0.05, 0) is 54.0 Å². The molecule has 10 heteroatoms. The van der Waals surface area contributed by atoms with Gasteiger partial charge in [-0.1, -0.05) is 53.1 Å². The number of carbonyl (C=O) groups excluding carboxylic acids is 1. The number of thiazole rings is 1. The van der Waals surface area contributed by atoms with Crippen LogP contribution in [0.3, 0.4) is 0 Å². The summed E-state index contributed by atoms with van der Waals surface area (Å²) in [4.78, 5) is 19.6. The average Bonchev–Trinajstić information content (AvgIpc) is 3.32. The van der Waals surface area contributed by atoms with Gasteiger partial charge in [0.1, 0.15) is 10.6 Å². The van der Waals surface area contributed by atoms with Crippen molar-refractivity contribution in [2.45, 2.75) is 76.0 Å². The largest absolute Gasteiger partial charge is 0.507 e. The van der Waals surface area contributed by atoms with Gasteiger partial charge in [0.25, 0.3) is 5.91 Å². The summed E-state index contributed by atoms with van der Waals surface area (Å²) in [6.45, 7) is 13.7. The zero-order valence-electron chi connectivity index (χ0n) is 23.2. The molecule has 1 amide bonds. The molecule has 0 unspecified atom stereocenters. The van der Waals surface area contributed by atoms with Crippen molar-refractivity contribution in [3.8, 4) is 17.0 Å². The number of carbonyl (C=O) groups is 1. The minimum absolute atomic E-state index is 0.00907. The van der Waals surface area contributed by atoms with Gasteiger partial charge in [0.05, 0.1) is 15.7 Å². The van der Waals surface area contributed by atoms with Crippen molar-refractivity contribution < 1.29 is 18.3 Å². The molecule has 39 heavy (non-hydrogen) atoms. The van der Waals surface area contributed by atoms with E-state index in [0.717, 1.165) is 40.2 Å². The summed E-state index contributed by atoms with van der Waals surface area (Å²) in [5.41, 5.74) is 3.48. The maximum atomic E-state index is 13.1. The van der Waals surface area contributed by atoms with E-state index in [1.807, 2.05) is 12.1 Å². The Balaban J connectivity index is 1.53. The lowest BCUT2D eigenvalue weighted by Gasteiger charge is -2.31. The first-order valence-corrected chi connectivity index (χ1v) is 15.7. The Morgan fingerprint density at radius 2 is 1.62 bits per heavy atom. The molecule has 0 bridgehead atoms. The van der Waals surface area contributed by atoms with Crippen LogP contribution in [-0.4, -0.2) is 42.4 Å². The van der Waals surface area contributed by atoms with Crippen molar-refractivity contribution in [3.05, 3.63) is 62.4 Å². The normalized spacial score (nSPS) is 15.5. The zero-order chi connectivity index (χ0) is 28.9. The fraction of sp³-hybridized carbons (Fsp3) is 0.448. The number of nitrogens with zero attached hydrogens (tertiary/aromatic N) is 2. The van der Waals surface area contributed by atoms with Gasteiger partial charge < -0.3 is 10.0 Å². The number of sulfonamides is 1. The van der Waals surface area contributed by atoms with Crippen LogP contribution in [0.4, 0.5) is 0 Å². The molecule has 1 aliphatic heterocycles. The number of aromatic nitrogens is 1. The van der Waals surface area contributed by atoms with Gasteiger partial charge in [-0.25, -0.2) is 18.5 Å². The molecule has 2 heterocycles. The van der Waals surface area contributed by atoms with Gasteiger partial charge in [0.2, 0.25) is 10.0 Å². The monoisotopic (exact) mass is 589 g/mol. The summed E-state index contributed by atoms with van der Waals surface area (Å²) in [6.07, 6.45) is 1.51. The van der Waals surface area contributed by atoms with Crippen molar-refractivity contribution in [2.75, 3.05) is 13.1 Å². The highest BCUT2D eigenvalue weighted by atomic mass is 35.5. The Bertz CT molecular complexity index is 1470. The van der Waals surface area contributed by atoms with Crippen LogP contribution in [0.1, 0.15) is 86.8 Å². The van der Waals surface area contributed by atoms with Crippen molar-refractivity contribution in [2.24, 2.45) is 5.14 Å². The van der Waals surface area contributed by atoms with Crippen LogP contribution < -0.4 is 5.14 Å². The number of hydrogen-bond acceptors (Lipinski definition) is 6. The highest BCUT2D eigenvalue weighted by Gasteiger charge is 2.29. The fourth-order valence-electron chi connectivity index (χ4n) is 4.90. The Hall–Kier alpha value is -2.46. The molecule has 1 fully saturated rings. The molecule has 1 aliphatic rings. The lowest BCUT2D eigenvalue weighted by molar-refractivity contribution is 0.0712. The van der Waals surface area contributed by atoms with Crippen LogP contribution in [0.2, 0.25) is 5.02 Å². The van der Waals surface area contributed by atoms with Crippen molar-refractivity contribution in [1.29, 1.82) is 0 Å². The number of amides is 1. The second-order valence-corrected chi connectivity index (χ2v) is 15.1. The number of hydrogen-bond donors (Lipinski definition) is 2. The number of phenols is 1. The van der Waals surface area contributed by atoms with Crippen LogP contribution in [-0.2, 0) is 20.9 Å². The van der Waals surface area contributed by atoms with E-state index in [0.29, 0.717) is 18.8 Å². The third-order valence-electron chi connectivity index (χ3n) is 7.16. The summed E-state index contributed by atoms with van der Waals surface area (Å²) in [5, 5.41) is 19.4. The molecule has 0 spiro atoms. The number of phenolic OH excluding ortho intramolecular Hbond substituents is 1. The predicted molar refractivity (Wildman–Crippen MR) is 157 cm³/mol. The molecule has 1 aromatic heterocycles. The van der Waals surface area contributed by atoms with Crippen LogP contribution in [0, 0.1) is 0 Å². The highest BCUT2D eigenvalue weighted by Crippen LogP contribution is 2.42. The third kappa shape index (κ3) is 6.32. The lowest BCUT2D eigenvalue weighted by Crippen LogP contribution is -2.38. The van der Waals surface area contributed by atoms with Crippen LogP contribution >= 0.6 is 22.9 Å². The molecule has 4 rings (SSSR count). The van der Waals surface area contributed by atoms with Crippen LogP contribution in [0.5, 0.6) is 5.75 Å². The topological polar surface area (TPSA) is 114 Å². The first-order valence-electron chi connectivity index (χ1n) is 12.9. The number of nitrogens with two attached hydrogens (primary N) is 1. The number of halogens is 1. The molecule has 3 N–H and O–H groups in total. The first-order chi connectivity index (χ1) is 18.0. The molecule has 210 valence electrons. The highest BCUT2D eigenvalue weighted by molar-refractivity contribution is 7.89. The van der Waals surface area contributed by atoms with E-state index in [2.05, 4.69) is 46.9 Å². The summed E-state index contributed by atoms with van der Waals surface area (Å²) in [7, 11) is -4.03. The maximum absolute atomic E-state index is 13.1. The molecule has 0 radical (unpaired) electrons. The van der Waals surface area contributed by atoms with E-state index in [4.69, 9.17) is 21.7 Å². The average molecular weight is 590 g/mol. The van der Waals surface area contributed by atoms with E-state index in [1.165, 1.54) is 18.2 Å². The molecule has 0 aliphatic carbocycles. The van der Waals surface area contributed by atoms with Crippen molar-refractivity contribution in [3.63, 3.8) is 0 Å². The standard InChI is InChI=1S/C29H36ClN3O4S2/c1-28(2,3)20-13-19(14-21(25(20)34)29(4,5)6)23-16-38-26(32-23)17-9-11-33(12-10-17)27(35)18-7-8-22(30)24(15-18)39(31,36)37/h7-8,13-17,34H,9-12H2,1-6H3,(H2,31,36,37). The lowest BCUT2D eigenvalue weighted by atomic mass is 9.78. The molecule has 2 aromatic carbocycles. The zero-order valence-corrected chi connectivity index (χ0v) is 25.6. The summed E-state index contributed by atoms with van der Waals surface area (Å²) >= 11 is 7.59. The molecule has 1 saturated heterocycles. The Labute approximate surface area is 240 Å². The molecule has 3 aromatic rings. The fourth-order valence-corrected chi connectivity index (χ4v) is 6.97. The Morgan fingerprint density at radius 1 is 1.05 bits per heavy atom. The van der Waals surface area contributed by atoms with E-state index in [-0.39, 0.29) is 38.1 Å². The smallest absolute Gasteiger partial charge is 0.253 e. The summed E-state index contributed by atoms with van der Waals surface area (Å²) in [6, 6.07) is 8.25. The van der Waals surface area contributed by atoms with Gasteiger partial charge in [-0.3, -0.25) is 4.79 Å². The first kappa shape index (κ1) is 29.5. The maximum Gasteiger partial charge on any atom is 0.253 e. The van der Waals surface area contributed by atoms with Gasteiger partial charge in [-0.15, -0.1) is 11.3 Å². The minimum atomic E-state index is -4.03. The van der Waals surface area contributed by atoms with E-state index < -0.39 is 10.0 Å². The molecular weight excluding hydrogens is 554 g/mol. The molecule has 0 saturated carbocycles. The number of aromatic hydroxyl groups is 1. The number of primary sulfonamides is 1. The van der Waals surface area contributed by atoms with Crippen LogP contribution in [0.25, 0.3) is 11.3 Å². The number of likely N-dealkylation sites (tertiary alicyclic amines) is 1. The van der Waals surface area contributed by atoms with Crippen molar-refractivity contribution in [1.82, 2.24) is 9.88 Å².